The summed E-state index contributed by atoms with van der Waals surface area (Å²) in [5.74, 6) is 1.15. The summed E-state index contributed by atoms with van der Waals surface area (Å²) < 4.78 is 6.05. The van der Waals surface area contributed by atoms with Crippen molar-refractivity contribution in [3.63, 3.8) is 0 Å². The van der Waals surface area contributed by atoms with Crippen LogP contribution in [0.4, 0.5) is 0 Å². The van der Waals surface area contributed by atoms with E-state index < -0.39 is 0 Å². The van der Waals surface area contributed by atoms with Gasteiger partial charge >= 0.3 is 0 Å². The van der Waals surface area contributed by atoms with Crippen molar-refractivity contribution < 1.29 is 4.74 Å². The second-order valence-electron chi connectivity index (χ2n) is 6.17. The van der Waals surface area contributed by atoms with Gasteiger partial charge in [0.05, 0.1) is 6.10 Å². The van der Waals surface area contributed by atoms with Crippen LogP contribution in [0, 0.1) is 0 Å². The highest BCUT2D eigenvalue weighted by atomic mass is 16.5. The van der Waals surface area contributed by atoms with E-state index >= 15 is 0 Å². The molecule has 1 aliphatic heterocycles. The molecule has 0 aromatic heterocycles. The number of rotatable bonds is 2. The molecule has 1 aromatic rings. The minimum absolute atomic E-state index is 0.341. The Morgan fingerprint density at radius 2 is 1.94 bits per heavy atom. The lowest BCUT2D eigenvalue weighted by molar-refractivity contribution is 0.165. The smallest absolute Gasteiger partial charge is 0.124 e. The Labute approximate surface area is 109 Å². The monoisotopic (exact) mass is 243 g/mol. The van der Waals surface area contributed by atoms with E-state index in [9.17, 15) is 0 Å². The second-order valence-corrected chi connectivity index (χ2v) is 6.17. The lowest BCUT2D eigenvalue weighted by Gasteiger charge is -2.32. The number of ether oxygens (including phenoxy) is 1. The Balaban J connectivity index is 1.72. The molecule has 0 saturated heterocycles. The van der Waals surface area contributed by atoms with Gasteiger partial charge in [-0.05, 0) is 56.2 Å². The number of fused-ring (bicyclic) bond motifs is 2. The zero-order valence-corrected chi connectivity index (χ0v) is 11.0. The van der Waals surface area contributed by atoms with Crippen molar-refractivity contribution in [3.8, 4) is 5.75 Å². The lowest BCUT2D eigenvalue weighted by Crippen LogP contribution is -2.32. The molecule has 96 valence electrons. The van der Waals surface area contributed by atoms with Crippen molar-refractivity contribution in [1.82, 2.24) is 5.32 Å². The zero-order valence-electron chi connectivity index (χ0n) is 11.0. The maximum Gasteiger partial charge on any atom is 0.124 e. The van der Waals surface area contributed by atoms with Crippen molar-refractivity contribution >= 4 is 0 Å². The average Bonchev–Trinajstić information content (AvgIpc) is 3.04. The molecule has 2 unspecified atom stereocenters. The fraction of sp³-hybridized carbons (Fsp3) is 0.625. The lowest BCUT2D eigenvalue weighted by atomic mass is 9.93. The van der Waals surface area contributed by atoms with Crippen LogP contribution in [0.15, 0.2) is 12.1 Å². The van der Waals surface area contributed by atoms with Crippen LogP contribution in [0.25, 0.3) is 0 Å². The van der Waals surface area contributed by atoms with E-state index in [4.69, 9.17) is 4.74 Å². The first kappa shape index (κ1) is 10.9. The molecule has 2 atom stereocenters. The Morgan fingerprint density at radius 1 is 1.17 bits per heavy atom. The minimum Gasteiger partial charge on any atom is -0.490 e. The molecule has 0 amide bonds. The van der Waals surface area contributed by atoms with Crippen molar-refractivity contribution in [3.05, 3.63) is 28.8 Å². The van der Waals surface area contributed by atoms with E-state index in [0.29, 0.717) is 12.1 Å². The maximum absolute atomic E-state index is 6.05. The highest BCUT2D eigenvalue weighted by Gasteiger charge is 2.32. The van der Waals surface area contributed by atoms with E-state index in [1.54, 1.807) is 5.56 Å². The van der Waals surface area contributed by atoms with Gasteiger partial charge in [0.2, 0.25) is 0 Å². The van der Waals surface area contributed by atoms with E-state index in [1.165, 1.54) is 43.2 Å². The van der Waals surface area contributed by atoms with Crippen LogP contribution < -0.4 is 10.1 Å². The molecule has 18 heavy (non-hydrogen) atoms. The van der Waals surface area contributed by atoms with Crippen LogP contribution in [-0.4, -0.2) is 12.1 Å². The van der Waals surface area contributed by atoms with Gasteiger partial charge in [-0.25, -0.2) is 0 Å². The third-order valence-electron chi connectivity index (χ3n) is 4.51. The Kier molecular flexibility index (Phi) is 2.41. The molecule has 4 rings (SSSR count). The van der Waals surface area contributed by atoms with Gasteiger partial charge in [0.15, 0.2) is 0 Å². The highest BCUT2D eigenvalue weighted by Crippen LogP contribution is 2.40. The van der Waals surface area contributed by atoms with E-state index in [1.807, 2.05) is 0 Å². The summed E-state index contributed by atoms with van der Waals surface area (Å²) in [7, 11) is 0. The van der Waals surface area contributed by atoms with Crippen LogP contribution in [-0.2, 0) is 12.8 Å². The van der Waals surface area contributed by atoms with Gasteiger partial charge in [-0.2, -0.15) is 0 Å². The van der Waals surface area contributed by atoms with Crippen LogP contribution in [0.5, 0.6) is 5.75 Å². The van der Waals surface area contributed by atoms with Crippen molar-refractivity contribution in [2.75, 3.05) is 0 Å². The highest BCUT2D eigenvalue weighted by molar-refractivity contribution is 5.47. The van der Waals surface area contributed by atoms with Gasteiger partial charge in [0, 0.05) is 24.1 Å². The standard InChI is InChI=1S/C16H21NO/c1-10-7-15(17-13-5-6-13)14-8-11-3-2-4-12(11)9-16(14)18-10/h8-10,13,15,17H,2-7H2,1H3. The molecule has 1 saturated carbocycles. The normalized spacial score (nSPS) is 29.6. The SMILES string of the molecule is CC1CC(NC2CC2)c2cc3c(cc2O1)CCC3. The summed E-state index contributed by atoms with van der Waals surface area (Å²) in [6, 6.07) is 6.02. The molecule has 1 heterocycles. The summed E-state index contributed by atoms with van der Waals surface area (Å²) in [5, 5.41) is 3.79. The minimum atomic E-state index is 0.341. The van der Waals surface area contributed by atoms with E-state index in [-0.39, 0.29) is 0 Å². The first-order valence-electron chi connectivity index (χ1n) is 7.38. The molecule has 0 bridgehead atoms. The predicted octanol–water partition coefficient (Wildman–Crippen LogP) is 3.14. The summed E-state index contributed by atoms with van der Waals surface area (Å²) >= 11 is 0. The first-order chi connectivity index (χ1) is 8.79. The summed E-state index contributed by atoms with van der Waals surface area (Å²) in [4.78, 5) is 0. The number of hydrogen-bond donors (Lipinski definition) is 1. The predicted molar refractivity (Wildman–Crippen MR) is 72.1 cm³/mol. The number of hydrogen-bond acceptors (Lipinski definition) is 2. The maximum atomic E-state index is 6.05. The summed E-state index contributed by atoms with van der Waals surface area (Å²) in [6.45, 7) is 2.19. The van der Waals surface area contributed by atoms with Crippen LogP contribution in [0.2, 0.25) is 0 Å². The Hall–Kier alpha value is -1.02. The third-order valence-corrected chi connectivity index (χ3v) is 4.51. The van der Waals surface area contributed by atoms with E-state index in [0.717, 1.165) is 18.2 Å². The molecule has 1 aromatic carbocycles. The molecule has 2 aliphatic carbocycles. The van der Waals surface area contributed by atoms with Crippen LogP contribution in [0.1, 0.15) is 55.3 Å². The molecule has 2 heteroatoms. The molecule has 2 nitrogen and oxygen atoms in total. The van der Waals surface area contributed by atoms with Crippen molar-refractivity contribution in [2.45, 2.75) is 63.6 Å². The molecular formula is C16H21NO. The number of nitrogens with one attached hydrogen (secondary N) is 1. The molecule has 0 spiro atoms. The topological polar surface area (TPSA) is 21.3 Å². The van der Waals surface area contributed by atoms with Crippen molar-refractivity contribution in [1.29, 1.82) is 0 Å². The quantitative estimate of drug-likeness (QED) is 0.861. The van der Waals surface area contributed by atoms with Gasteiger partial charge < -0.3 is 10.1 Å². The number of benzene rings is 1. The van der Waals surface area contributed by atoms with Gasteiger partial charge in [0.1, 0.15) is 5.75 Å². The molecular weight excluding hydrogens is 222 g/mol. The fourth-order valence-corrected chi connectivity index (χ4v) is 3.41. The van der Waals surface area contributed by atoms with Gasteiger partial charge in [-0.3, -0.25) is 0 Å². The summed E-state index contributed by atoms with van der Waals surface area (Å²) in [6.07, 6.45) is 7.97. The number of aryl methyl sites for hydroxylation is 2. The van der Waals surface area contributed by atoms with E-state index in [2.05, 4.69) is 24.4 Å². The van der Waals surface area contributed by atoms with Gasteiger partial charge in [-0.1, -0.05) is 6.07 Å². The van der Waals surface area contributed by atoms with Crippen LogP contribution >= 0.6 is 0 Å². The Morgan fingerprint density at radius 3 is 2.72 bits per heavy atom. The average molecular weight is 243 g/mol. The van der Waals surface area contributed by atoms with Crippen molar-refractivity contribution in [2.24, 2.45) is 0 Å². The van der Waals surface area contributed by atoms with Crippen LogP contribution in [0.3, 0.4) is 0 Å². The molecule has 0 radical (unpaired) electrons. The molecule has 3 aliphatic rings. The molecule has 1 N–H and O–H groups in total. The van der Waals surface area contributed by atoms with Gasteiger partial charge in [-0.15, -0.1) is 0 Å². The second kappa shape index (κ2) is 3.99. The Bertz CT molecular complexity index is 478. The fourth-order valence-electron chi connectivity index (χ4n) is 3.41. The zero-order chi connectivity index (χ0) is 12.1. The first-order valence-corrected chi connectivity index (χ1v) is 7.38. The molecule has 1 fully saturated rings. The largest absolute Gasteiger partial charge is 0.490 e. The summed E-state index contributed by atoms with van der Waals surface area (Å²) in [5.41, 5.74) is 4.50. The van der Waals surface area contributed by atoms with Gasteiger partial charge in [0.25, 0.3) is 0 Å². The third kappa shape index (κ3) is 1.83.